The number of aryl methyl sites for hydroxylation is 2. The van der Waals surface area contributed by atoms with Crippen LogP contribution in [0.4, 0.5) is 5.69 Å². The van der Waals surface area contributed by atoms with E-state index in [4.69, 9.17) is 0 Å². The van der Waals surface area contributed by atoms with Crippen LogP contribution in [0, 0.1) is 6.92 Å². The molecule has 0 bridgehead atoms. The Labute approximate surface area is 209 Å². The highest BCUT2D eigenvalue weighted by Gasteiger charge is 2.12. The number of anilines is 1. The van der Waals surface area contributed by atoms with Gasteiger partial charge in [0.15, 0.2) is 0 Å². The lowest BCUT2D eigenvalue weighted by molar-refractivity contribution is -0.123. The summed E-state index contributed by atoms with van der Waals surface area (Å²) in [6, 6.07) is 20.4. The summed E-state index contributed by atoms with van der Waals surface area (Å²) in [5.74, 6) is -1.18. The summed E-state index contributed by atoms with van der Waals surface area (Å²) in [4.78, 5) is 46.0. The Morgan fingerprint density at radius 3 is 2.31 bits per heavy atom. The molecular formula is C28H27N5O3. The number of hydrogen-bond acceptors (Lipinski definition) is 5. The zero-order valence-corrected chi connectivity index (χ0v) is 20.2. The number of aromatic nitrogens is 2. The molecular weight excluding hydrogens is 454 g/mol. The number of fused-ring (bicyclic) bond motifs is 1. The van der Waals surface area contributed by atoms with E-state index in [1.165, 1.54) is 0 Å². The predicted molar refractivity (Wildman–Crippen MR) is 140 cm³/mol. The van der Waals surface area contributed by atoms with Crippen molar-refractivity contribution in [2.24, 2.45) is 0 Å². The first kappa shape index (κ1) is 24.5. The van der Waals surface area contributed by atoms with E-state index in [0.29, 0.717) is 16.9 Å². The molecule has 4 aromatic rings. The predicted octanol–water partition coefficient (Wildman–Crippen LogP) is 3.65. The third-order valence-corrected chi connectivity index (χ3v) is 5.68. The molecule has 4 rings (SSSR count). The van der Waals surface area contributed by atoms with Gasteiger partial charge in [0, 0.05) is 16.8 Å². The van der Waals surface area contributed by atoms with Gasteiger partial charge in [-0.3, -0.25) is 19.4 Å². The van der Waals surface area contributed by atoms with E-state index in [9.17, 15) is 14.4 Å². The second-order valence-electron chi connectivity index (χ2n) is 8.34. The van der Waals surface area contributed by atoms with Crippen molar-refractivity contribution in [3.63, 3.8) is 0 Å². The third kappa shape index (κ3) is 6.09. The van der Waals surface area contributed by atoms with Gasteiger partial charge in [-0.25, -0.2) is 4.98 Å². The number of para-hydroxylation sites is 2. The van der Waals surface area contributed by atoms with Crippen LogP contribution < -0.4 is 16.0 Å². The summed E-state index contributed by atoms with van der Waals surface area (Å²) in [7, 11) is 0. The molecule has 1 aromatic heterocycles. The van der Waals surface area contributed by atoms with E-state index in [-0.39, 0.29) is 24.9 Å². The molecule has 36 heavy (non-hydrogen) atoms. The van der Waals surface area contributed by atoms with E-state index in [1.807, 2.05) is 68.4 Å². The number of carbonyl (C=O) groups is 3. The topological polar surface area (TPSA) is 113 Å². The fraction of sp³-hybridized carbons (Fsp3) is 0.179. The molecule has 8 nitrogen and oxygen atoms in total. The first-order valence-electron chi connectivity index (χ1n) is 11.7. The van der Waals surface area contributed by atoms with Crippen LogP contribution in [-0.2, 0) is 16.0 Å². The summed E-state index contributed by atoms with van der Waals surface area (Å²) < 4.78 is 0. The van der Waals surface area contributed by atoms with Crippen molar-refractivity contribution in [3.8, 4) is 11.3 Å². The molecule has 3 N–H and O–H groups in total. The highest BCUT2D eigenvalue weighted by Crippen LogP contribution is 2.26. The second kappa shape index (κ2) is 11.2. The normalized spacial score (nSPS) is 10.6. The fourth-order valence-electron chi connectivity index (χ4n) is 3.66. The Balaban J connectivity index is 1.35. The molecule has 0 fully saturated rings. The molecule has 3 amide bonds. The van der Waals surface area contributed by atoms with Gasteiger partial charge in [-0.2, -0.15) is 0 Å². The molecule has 0 radical (unpaired) electrons. The number of nitrogens with zero attached hydrogens (tertiary/aromatic N) is 2. The first-order valence-corrected chi connectivity index (χ1v) is 11.7. The maximum Gasteiger partial charge on any atom is 0.251 e. The lowest BCUT2D eigenvalue weighted by atomic mass is 10.0. The van der Waals surface area contributed by atoms with Crippen LogP contribution in [0.3, 0.4) is 0 Å². The molecule has 0 saturated carbocycles. The van der Waals surface area contributed by atoms with Crippen molar-refractivity contribution < 1.29 is 14.4 Å². The second-order valence-corrected chi connectivity index (χ2v) is 8.34. The minimum absolute atomic E-state index is 0.220. The maximum absolute atomic E-state index is 12.6. The van der Waals surface area contributed by atoms with Gasteiger partial charge in [0.25, 0.3) is 5.91 Å². The molecule has 8 heteroatoms. The quantitative estimate of drug-likeness (QED) is 0.356. The van der Waals surface area contributed by atoms with E-state index in [1.54, 1.807) is 18.3 Å². The van der Waals surface area contributed by atoms with Crippen molar-refractivity contribution in [3.05, 3.63) is 89.6 Å². The number of carbonyl (C=O) groups excluding carboxylic acids is 3. The maximum atomic E-state index is 12.6. The molecule has 0 unspecified atom stereocenters. The molecule has 0 saturated heterocycles. The molecule has 0 aliphatic heterocycles. The average molecular weight is 482 g/mol. The van der Waals surface area contributed by atoms with Crippen molar-refractivity contribution in [1.29, 1.82) is 0 Å². The van der Waals surface area contributed by atoms with Crippen molar-refractivity contribution in [2.45, 2.75) is 20.3 Å². The van der Waals surface area contributed by atoms with Gasteiger partial charge in [-0.15, -0.1) is 0 Å². The number of rotatable bonds is 8. The van der Waals surface area contributed by atoms with E-state index >= 15 is 0 Å². The Hall–Kier alpha value is -4.59. The lowest BCUT2D eigenvalue weighted by Crippen LogP contribution is -2.40. The lowest BCUT2D eigenvalue weighted by Gasteiger charge is -2.13. The van der Waals surface area contributed by atoms with Gasteiger partial charge < -0.3 is 16.0 Å². The van der Waals surface area contributed by atoms with Crippen LogP contribution in [0.25, 0.3) is 22.3 Å². The molecule has 3 aromatic carbocycles. The van der Waals surface area contributed by atoms with Gasteiger partial charge in [-0.1, -0.05) is 48.9 Å². The zero-order valence-electron chi connectivity index (χ0n) is 20.2. The molecule has 0 atom stereocenters. The largest absolute Gasteiger partial charge is 0.345 e. The van der Waals surface area contributed by atoms with Crippen LogP contribution in [0.1, 0.15) is 28.4 Å². The Bertz CT molecular complexity index is 1420. The van der Waals surface area contributed by atoms with Crippen LogP contribution in [-0.4, -0.2) is 40.8 Å². The number of benzene rings is 3. The molecule has 0 aliphatic rings. The average Bonchev–Trinajstić information content (AvgIpc) is 2.90. The Morgan fingerprint density at radius 1 is 0.833 bits per heavy atom. The summed E-state index contributed by atoms with van der Waals surface area (Å²) in [5, 5.41) is 7.96. The highest BCUT2D eigenvalue weighted by atomic mass is 16.2. The fourth-order valence-corrected chi connectivity index (χ4v) is 3.66. The highest BCUT2D eigenvalue weighted by molar-refractivity contribution is 5.98. The monoisotopic (exact) mass is 481 g/mol. The van der Waals surface area contributed by atoms with Crippen molar-refractivity contribution in [2.75, 3.05) is 18.4 Å². The van der Waals surface area contributed by atoms with Gasteiger partial charge in [0.1, 0.15) is 0 Å². The summed E-state index contributed by atoms with van der Waals surface area (Å²) >= 11 is 0. The van der Waals surface area contributed by atoms with Crippen molar-refractivity contribution in [1.82, 2.24) is 20.6 Å². The van der Waals surface area contributed by atoms with Crippen molar-refractivity contribution >= 4 is 34.4 Å². The minimum atomic E-state index is -0.457. The first-order chi connectivity index (χ1) is 17.4. The molecule has 0 spiro atoms. The minimum Gasteiger partial charge on any atom is -0.345 e. The summed E-state index contributed by atoms with van der Waals surface area (Å²) in [6.45, 7) is 3.48. The van der Waals surface area contributed by atoms with Crippen LogP contribution in [0.15, 0.2) is 72.9 Å². The van der Waals surface area contributed by atoms with Crippen LogP contribution in [0.2, 0.25) is 0 Å². The van der Waals surface area contributed by atoms with Gasteiger partial charge in [-0.05, 0) is 49.2 Å². The van der Waals surface area contributed by atoms with E-state index in [2.05, 4.69) is 25.9 Å². The van der Waals surface area contributed by atoms with E-state index in [0.717, 1.165) is 34.1 Å². The number of hydrogen-bond donors (Lipinski definition) is 3. The van der Waals surface area contributed by atoms with Crippen LogP contribution >= 0.6 is 0 Å². The summed E-state index contributed by atoms with van der Waals surface area (Å²) in [6.07, 6.45) is 2.43. The van der Waals surface area contributed by atoms with Gasteiger partial charge in [0.05, 0.1) is 36.0 Å². The SMILES string of the molecule is CCc1ccc(-c2cnc3ccccc3n2)cc1NC(=O)CNC(=O)CNC(=O)c1ccc(C)cc1. The number of amides is 3. The number of nitrogens with one attached hydrogen (secondary N) is 3. The zero-order chi connectivity index (χ0) is 25.5. The van der Waals surface area contributed by atoms with E-state index < -0.39 is 5.91 Å². The Morgan fingerprint density at radius 2 is 1.56 bits per heavy atom. The van der Waals surface area contributed by atoms with Gasteiger partial charge in [0.2, 0.25) is 11.8 Å². The molecule has 0 aliphatic carbocycles. The molecule has 1 heterocycles. The van der Waals surface area contributed by atoms with Crippen LogP contribution in [0.5, 0.6) is 0 Å². The summed E-state index contributed by atoms with van der Waals surface area (Å²) in [5.41, 5.74) is 6.23. The smallest absolute Gasteiger partial charge is 0.251 e. The molecule has 182 valence electrons. The van der Waals surface area contributed by atoms with Gasteiger partial charge >= 0.3 is 0 Å². The third-order valence-electron chi connectivity index (χ3n) is 5.68. The standard InChI is InChI=1S/C28H27N5O3/c1-3-19-12-13-21(25-15-29-22-6-4-5-7-23(22)32-25)14-24(19)33-27(35)17-30-26(34)16-31-28(36)20-10-8-18(2)9-11-20/h4-15H,3,16-17H2,1-2H3,(H,30,34)(H,31,36)(H,33,35). The Kier molecular flexibility index (Phi) is 7.65.